The molecule has 17 heavy (non-hydrogen) atoms. The van der Waals surface area contributed by atoms with Crippen LogP contribution < -0.4 is 5.32 Å². The molecule has 1 aromatic rings. The molecule has 2 atom stereocenters. The topological polar surface area (TPSA) is 12.0 Å². The zero-order valence-electron chi connectivity index (χ0n) is 9.15. The fraction of sp³-hybridized carbons (Fsp3) is 0.500. The van der Waals surface area contributed by atoms with Gasteiger partial charge in [0.15, 0.2) is 0 Å². The summed E-state index contributed by atoms with van der Waals surface area (Å²) >= 11 is 8.87. The van der Waals surface area contributed by atoms with Crippen molar-refractivity contribution in [1.29, 1.82) is 0 Å². The summed E-state index contributed by atoms with van der Waals surface area (Å²) in [5.74, 6) is -0.666. The summed E-state index contributed by atoms with van der Waals surface area (Å²) < 4.78 is 28.5. The lowest BCUT2D eigenvalue weighted by Crippen LogP contribution is -2.37. The lowest BCUT2D eigenvalue weighted by Gasteiger charge is -2.27. The Morgan fingerprint density at radius 1 is 1.41 bits per heavy atom. The van der Waals surface area contributed by atoms with Crippen molar-refractivity contribution in [1.82, 2.24) is 5.32 Å². The van der Waals surface area contributed by atoms with Crippen molar-refractivity contribution in [3.63, 3.8) is 0 Å². The molecule has 5 heteroatoms. The van der Waals surface area contributed by atoms with Gasteiger partial charge in [0.05, 0.1) is 5.02 Å². The Hall–Kier alpha value is -0.190. The largest absolute Gasteiger partial charge is 0.311 e. The predicted octanol–water partition coefficient (Wildman–Crippen LogP) is 4.39. The van der Waals surface area contributed by atoms with Gasteiger partial charge in [0.1, 0.15) is 12.0 Å². The number of hydrogen-bond donors (Lipinski definition) is 1. The molecule has 0 saturated carbocycles. The summed E-state index contributed by atoms with van der Waals surface area (Å²) in [6.07, 6.45) is 1.41. The van der Waals surface area contributed by atoms with Gasteiger partial charge in [0.25, 0.3) is 0 Å². The zero-order chi connectivity index (χ0) is 12.4. The number of hydrogen-bond acceptors (Lipinski definition) is 1. The molecule has 0 spiro atoms. The molecule has 1 saturated heterocycles. The van der Waals surface area contributed by atoms with E-state index in [4.69, 9.17) is 11.6 Å². The average molecular weight is 325 g/mol. The molecule has 1 nitrogen and oxygen atoms in total. The summed E-state index contributed by atoms with van der Waals surface area (Å²) in [5, 5.41) is 3.03. The lowest BCUT2D eigenvalue weighted by atomic mass is 9.96. The van der Waals surface area contributed by atoms with Crippen LogP contribution in [0.3, 0.4) is 0 Å². The maximum atomic E-state index is 14.2. The second-order valence-electron chi connectivity index (χ2n) is 4.22. The molecule has 2 unspecified atom stereocenters. The second kappa shape index (κ2) is 5.63. The summed E-state index contributed by atoms with van der Waals surface area (Å²) in [4.78, 5) is 0. The van der Waals surface area contributed by atoms with Gasteiger partial charge >= 0.3 is 0 Å². The highest BCUT2D eigenvalue weighted by Crippen LogP contribution is 2.34. The highest BCUT2D eigenvalue weighted by molar-refractivity contribution is 9.10. The van der Waals surface area contributed by atoms with E-state index < -0.39 is 12.0 Å². The van der Waals surface area contributed by atoms with Crippen LogP contribution in [0.25, 0.3) is 0 Å². The van der Waals surface area contributed by atoms with Crippen LogP contribution in [-0.4, -0.2) is 12.6 Å². The van der Waals surface area contributed by atoms with Crippen LogP contribution in [-0.2, 0) is 0 Å². The third-order valence-corrected chi connectivity index (χ3v) is 4.32. The van der Waals surface area contributed by atoms with Crippen LogP contribution >= 0.6 is 27.5 Å². The molecule has 1 fully saturated rings. The molecule has 1 N–H and O–H groups in total. The SMILES string of the molecule is Fc1c(C(F)C2CCCCN2)ccc(Br)c1Cl. The van der Waals surface area contributed by atoms with Crippen molar-refractivity contribution < 1.29 is 8.78 Å². The number of rotatable bonds is 2. The van der Waals surface area contributed by atoms with E-state index >= 15 is 0 Å². The van der Waals surface area contributed by atoms with Crippen molar-refractivity contribution in [2.75, 3.05) is 6.54 Å². The quantitative estimate of drug-likeness (QED) is 0.795. The third kappa shape index (κ3) is 2.80. The van der Waals surface area contributed by atoms with Crippen LogP contribution in [0.5, 0.6) is 0 Å². The maximum absolute atomic E-state index is 14.2. The van der Waals surface area contributed by atoms with Gasteiger partial charge in [-0.25, -0.2) is 8.78 Å². The summed E-state index contributed by atoms with van der Waals surface area (Å²) in [6, 6.07) is 2.72. The number of benzene rings is 1. The number of halogens is 4. The van der Waals surface area contributed by atoms with Gasteiger partial charge in [-0.3, -0.25) is 0 Å². The van der Waals surface area contributed by atoms with Crippen molar-refractivity contribution in [3.8, 4) is 0 Å². The van der Waals surface area contributed by atoms with Crippen LogP contribution in [0.15, 0.2) is 16.6 Å². The van der Waals surface area contributed by atoms with Gasteiger partial charge in [0.2, 0.25) is 0 Å². The smallest absolute Gasteiger partial charge is 0.149 e. The van der Waals surface area contributed by atoms with Gasteiger partial charge in [-0.2, -0.15) is 0 Å². The van der Waals surface area contributed by atoms with E-state index in [1.54, 1.807) is 6.07 Å². The molecular formula is C12H13BrClF2N. The number of nitrogens with one attached hydrogen (secondary N) is 1. The van der Waals surface area contributed by atoms with E-state index in [-0.39, 0.29) is 16.6 Å². The van der Waals surface area contributed by atoms with E-state index in [0.717, 1.165) is 25.8 Å². The number of alkyl halides is 1. The van der Waals surface area contributed by atoms with E-state index in [9.17, 15) is 8.78 Å². The van der Waals surface area contributed by atoms with Crippen molar-refractivity contribution in [2.45, 2.75) is 31.5 Å². The van der Waals surface area contributed by atoms with Gasteiger partial charge in [-0.1, -0.05) is 24.1 Å². The predicted molar refractivity (Wildman–Crippen MR) is 68.6 cm³/mol. The third-order valence-electron chi connectivity index (χ3n) is 3.06. The van der Waals surface area contributed by atoms with Crippen molar-refractivity contribution in [2.24, 2.45) is 0 Å². The number of piperidine rings is 1. The highest BCUT2D eigenvalue weighted by atomic mass is 79.9. The molecule has 0 aliphatic carbocycles. The second-order valence-corrected chi connectivity index (χ2v) is 5.46. The van der Waals surface area contributed by atoms with Gasteiger partial charge < -0.3 is 5.32 Å². The van der Waals surface area contributed by atoms with Crippen molar-refractivity contribution >= 4 is 27.5 Å². The zero-order valence-corrected chi connectivity index (χ0v) is 11.5. The molecule has 1 aromatic carbocycles. The van der Waals surface area contributed by atoms with Crippen LogP contribution in [0.1, 0.15) is 31.0 Å². The molecule has 2 rings (SSSR count). The first kappa shape index (κ1) is 13.2. The Labute approximate surface area is 113 Å². The Balaban J connectivity index is 2.24. The Bertz CT molecular complexity index is 408. The molecule has 1 aliphatic rings. The monoisotopic (exact) mass is 323 g/mol. The minimum absolute atomic E-state index is 0.0394. The fourth-order valence-electron chi connectivity index (χ4n) is 2.10. The van der Waals surface area contributed by atoms with E-state index in [2.05, 4.69) is 21.2 Å². The minimum atomic E-state index is -1.35. The van der Waals surface area contributed by atoms with Crippen molar-refractivity contribution in [3.05, 3.63) is 33.0 Å². The Morgan fingerprint density at radius 2 is 2.18 bits per heavy atom. The molecule has 0 bridgehead atoms. The van der Waals surface area contributed by atoms with Gasteiger partial charge in [-0.15, -0.1) is 0 Å². The van der Waals surface area contributed by atoms with Crippen LogP contribution in [0.2, 0.25) is 5.02 Å². The normalized spacial score (nSPS) is 22.5. The summed E-state index contributed by atoms with van der Waals surface area (Å²) in [5.41, 5.74) is 0.0394. The highest BCUT2D eigenvalue weighted by Gasteiger charge is 2.27. The standard InChI is InChI=1S/C12H13BrClF2N/c13-8-5-4-7(12(16)10(8)14)11(15)9-3-1-2-6-17-9/h4-5,9,11,17H,1-3,6H2. The first-order chi connectivity index (χ1) is 8.11. The molecule has 0 amide bonds. The van der Waals surface area contributed by atoms with Gasteiger partial charge in [0, 0.05) is 16.1 Å². The molecular weight excluding hydrogens is 311 g/mol. The first-order valence-electron chi connectivity index (χ1n) is 5.62. The van der Waals surface area contributed by atoms with Gasteiger partial charge in [-0.05, 0) is 41.4 Å². The Kier molecular flexibility index (Phi) is 4.39. The Morgan fingerprint density at radius 3 is 2.82 bits per heavy atom. The van der Waals surface area contributed by atoms with Crippen LogP contribution in [0.4, 0.5) is 8.78 Å². The van der Waals surface area contributed by atoms with Crippen LogP contribution in [0, 0.1) is 5.82 Å². The molecule has 1 aliphatic heterocycles. The summed E-state index contributed by atoms with van der Waals surface area (Å²) in [7, 11) is 0. The fourth-order valence-corrected chi connectivity index (χ4v) is 2.58. The maximum Gasteiger partial charge on any atom is 0.149 e. The molecule has 1 heterocycles. The average Bonchev–Trinajstić information content (AvgIpc) is 2.36. The summed E-state index contributed by atoms with van der Waals surface area (Å²) in [6.45, 7) is 0.789. The minimum Gasteiger partial charge on any atom is -0.311 e. The lowest BCUT2D eigenvalue weighted by molar-refractivity contribution is 0.216. The van der Waals surface area contributed by atoms with E-state index in [0.29, 0.717) is 4.47 Å². The first-order valence-corrected chi connectivity index (χ1v) is 6.79. The van der Waals surface area contributed by atoms with E-state index in [1.165, 1.54) is 6.07 Å². The van der Waals surface area contributed by atoms with E-state index in [1.807, 2.05) is 0 Å². The molecule has 0 radical (unpaired) electrons. The molecule has 0 aromatic heterocycles. The molecule has 94 valence electrons.